The van der Waals surface area contributed by atoms with Gasteiger partial charge >= 0.3 is 0 Å². The molecule has 0 unspecified atom stereocenters. The first-order chi connectivity index (χ1) is 7.65. The fourth-order valence-electron chi connectivity index (χ4n) is 1.88. The van der Waals surface area contributed by atoms with Gasteiger partial charge in [-0.15, -0.1) is 0 Å². The smallest absolute Gasteiger partial charge is 0.172 e. The summed E-state index contributed by atoms with van der Waals surface area (Å²) in [5, 5.41) is 11.9. The molecule has 0 aliphatic rings. The monoisotopic (exact) mass is 221 g/mol. The first kappa shape index (κ1) is 12.4. The molecule has 0 amide bonds. The van der Waals surface area contributed by atoms with E-state index in [9.17, 15) is 0 Å². The molecule has 0 atom stereocenters. The summed E-state index contributed by atoms with van der Waals surface area (Å²) in [6.45, 7) is 8.00. The van der Waals surface area contributed by atoms with Crippen molar-refractivity contribution in [3.63, 3.8) is 0 Å². The second kappa shape index (κ2) is 5.39. The summed E-state index contributed by atoms with van der Waals surface area (Å²) < 4.78 is 0. The molecule has 0 radical (unpaired) electrons. The highest BCUT2D eigenvalue weighted by atomic mass is 16.4. The molecule has 0 spiro atoms. The summed E-state index contributed by atoms with van der Waals surface area (Å²) in [5.41, 5.74) is 8.64. The van der Waals surface area contributed by atoms with E-state index in [-0.39, 0.29) is 5.84 Å². The number of benzene rings is 1. The largest absolute Gasteiger partial charge is 0.409 e. The molecule has 0 aromatic heterocycles. The second-order valence-corrected chi connectivity index (χ2v) is 3.63. The lowest BCUT2D eigenvalue weighted by Crippen LogP contribution is -2.27. The van der Waals surface area contributed by atoms with Gasteiger partial charge in [-0.1, -0.05) is 17.3 Å². The van der Waals surface area contributed by atoms with E-state index in [1.54, 1.807) is 0 Å². The molecule has 0 saturated heterocycles. The number of nitrogens with two attached hydrogens (primary N) is 1. The normalized spacial score (nSPS) is 11.6. The highest BCUT2D eigenvalue weighted by molar-refractivity contribution is 6.02. The molecule has 16 heavy (non-hydrogen) atoms. The van der Waals surface area contributed by atoms with Gasteiger partial charge in [0.25, 0.3) is 0 Å². The van der Waals surface area contributed by atoms with Crippen LogP contribution >= 0.6 is 0 Å². The summed E-state index contributed by atoms with van der Waals surface area (Å²) in [7, 11) is 0. The van der Waals surface area contributed by atoms with E-state index < -0.39 is 0 Å². The molecule has 0 saturated carbocycles. The highest BCUT2D eigenvalue weighted by Gasteiger charge is 2.13. The van der Waals surface area contributed by atoms with Crippen LogP contribution in [-0.4, -0.2) is 24.1 Å². The summed E-state index contributed by atoms with van der Waals surface area (Å²) in [6.07, 6.45) is 0. The molecular weight excluding hydrogens is 202 g/mol. The number of anilines is 1. The van der Waals surface area contributed by atoms with E-state index in [1.165, 1.54) is 0 Å². The summed E-state index contributed by atoms with van der Waals surface area (Å²) in [5.74, 6) is 0.158. The standard InChI is InChI=1S/C12H19N3O/c1-4-15(5-2)11-9(3)7-6-8-10(11)12(13)14-16/h6-8,16H,4-5H2,1-3H3,(H2,13,14). The Morgan fingerprint density at radius 2 is 2.00 bits per heavy atom. The first-order valence-corrected chi connectivity index (χ1v) is 5.48. The topological polar surface area (TPSA) is 61.8 Å². The SMILES string of the molecule is CCN(CC)c1c(C)cccc1/C(N)=N/O. The van der Waals surface area contributed by atoms with Gasteiger partial charge in [0, 0.05) is 18.7 Å². The average Bonchev–Trinajstić information content (AvgIpc) is 2.31. The van der Waals surface area contributed by atoms with E-state index >= 15 is 0 Å². The number of para-hydroxylation sites is 1. The third-order valence-corrected chi connectivity index (χ3v) is 2.70. The van der Waals surface area contributed by atoms with Crippen LogP contribution in [0.4, 0.5) is 5.69 Å². The van der Waals surface area contributed by atoms with Crippen molar-refractivity contribution in [2.45, 2.75) is 20.8 Å². The van der Waals surface area contributed by atoms with Gasteiger partial charge in [0.05, 0.1) is 5.69 Å². The lowest BCUT2D eigenvalue weighted by Gasteiger charge is -2.25. The number of oxime groups is 1. The molecule has 0 bridgehead atoms. The number of hydrogen-bond acceptors (Lipinski definition) is 3. The first-order valence-electron chi connectivity index (χ1n) is 5.48. The van der Waals surface area contributed by atoms with Crippen LogP contribution in [0, 0.1) is 6.92 Å². The van der Waals surface area contributed by atoms with E-state index in [1.807, 2.05) is 25.1 Å². The molecule has 1 rings (SSSR count). The lowest BCUT2D eigenvalue weighted by molar-refractivity contribution is 0.318. The summed E-state index contributed by atoms with van der Waals surface area (Å²) >= 11 is 0. The minimum atomic E-state index is 0.158. The summed E-state index contributed by atoms with van der Waals surface area (Å²) in [6, 6.07) is 5.81. The number of rotatable bonds is 4. The molecule has 0 aliphatic carbocycles. The van der Waals surface area contributed by atoms with Crippen LogP contribution < -0.4 is 10.6 Å². The van der Waals surface area contributed by atoms with Crippen molar-refractivity contribution in [2.24, 2.45) is 10.9 Å². The fraction of sp³-hybridized carbons (Fsp3) is 0.417. The van der Waals surface area contributed by atoms with Crippen LogP contribution in [0.1, 0.15) is 25.0 Å². The Kier molecular flexibility index (Phi) is 4.17. The molecule has 3 N–H and O–H groups in total. The molecule has 0 fully saturated rings. The molecule has 0 aliphatic heterocycles. The zero-order chi connectivity index (χ0) is 12.1. The van der Waals surface area contributed by atoms with E-state index in [0.29, 0.717) is 0 Å². The van der Waals surface area contributed by atoms with Crippen molar-refractivity contribution in [3.05, 3.63) is 29.3 Å². The van der Waals surface area contributed by atoms with E-state index in [0.717, 1.165) is 29.9 Å². The van der Waals surface area contributed by atoms with Crippen LogP contribution in [0.3, 0.4) is 0 Å². The van der Waals surface area contributed by atoms with Gasteiger partial charge in [-0.25, -0.2) is 0 Å². The van der Waals surface area contributed by atoms with Crippen molar-refractivity contribution in [1.82, 2.24) is 0 Å². The fourth-order valence-corrected chi connectivity index (χ4v) is 1.88. The maximum atomic E-state index is 8.78. The second-order valence-electron chi connectivity index (χ2n) is 3.63. The van der Waals surface area contributed by atoms with Crippen molar-refractivity contribution in [1.29, 1.82) is 0 Å². The molecule has 4 nitrogen and oxygen atoms in total. The van der Waals surface area contributed by atoms with E-state index in [2.05, 4.69) is 23.9 Å². The third-order valence-electron chi connectivity index (χ3n) is 2.70. The zero-order valence-electron chi connectivity index (χ0n) is 10.1. The molecule has 88 valence electrons. The highest BCUT2D eigenvalue weighted by Crippen LogP contribution is 2.24. The Balaban J connectivity index is 3.33. The third kappa shape index (κ3) is 2.27. The Bertz CT molecular complexity index is 384. The van der Waals surface area contributed by atoms with Crippen LogP contribution in [0.2, 0.25) is 0 Å². The molecule has 0 heterocycles. The maximum Gasteiger partial charge on any atom is 0.172 e. The van der Waals surface area contributed by atoms with Gasteiger partial charge in [0.1, 0.15) is 0 Å². The van der Waals surface area contributed by atoms with Crippen molar-refractivity contribution >= 4 is 11.5 Å². The van der Waals surface area contributed by atoms with Crippen molar-refractivity contribution < 1.29 is 5.21 Å². The molecule has 1 aromatic carbocycles. The number of aryl methyl sites for hydroxylation is 1. The minimum Gasteiger partial charge on any atom is -0.409 e. The van der Waals surface area contributed by atoms with Crippen molar-refractivity contribution in [2.75, 3.05) is 18.0 Å². The molecule has 4 heteroatoms. The Hall–Kier alpha value is -1.71. The van der Waals surface area contributed by atoms with Crippen LogP contribution in [0.25, 0.3) is 0 Å². The summed E-state index contributed by atoms with van der Waals surface area (Å²) in [4.78, 5) is 2.20. The van der Waals surface area contributed by atoms with Gasteiger partial charge in [-0.05, 0) is 32.4 Å². The number of nitrogens with zero attached hydrogens (tertiary/aromatic N) is 2. The maximum absolute atomic E-state index is 8.78. The molecular formula is C12H19N3O. The number of amidine groups is 1. The van der Waals surface area contributed by atoms with Gasteiger partial charge in [0.2, 0.25) is 0 Å². The molecule has 1 aromatic rings. The number of hydrogen-bond donors (Lipinski definition) is 2. The zero-order valence-corrected chi connectivity index (χ0v) is 10.1. The predicted molar refractivity (Wildman–Crippen MR) is 67.3 cm³/mol. The van der Waals surface area contributed by atoms with Crippen LogP contribution in [-0.2, 0) is 0 Å². The van der Waals surface area contributed by atoms with Gasteiger partial charge in [-0.3, -0.25) is 0 Å². The minimum absolute atomic E-state index is 0.158. The van der Waals surface area contributed by atoms with Crippen molar-refractivity contribution in [3.8, 4) is 0 Å². The average molecular weight is 221 g/mol. The van der Waals surface area contributed by atoms with E-state index in [4.69, 9.17) is 10.9 Å². The Morgan fingerprint density at radius 3 is 2.50 bits per heavy atom. The van der Waals surface area contributed by atoms with Gasteiger partial charge in [-0.2, -0.15) is 0 Å². The Morgan fingerprint density at radius 1 is 1.38 bits per heavy atom. The van der Waals surface area contributed by atoms with Crippen LogP contribution in [0.5, 0.6) is 0 Å². The van der Waals surface area contributed by atoms with Gasteiger partial charge in [0.15, 0.2) is 5.84 Å². The Labute approximate surface area is 96.4 Å². The van der Waals surface area contributed by atoms with Gasteiger partial charge < -0.3 is 15.8 Å². The van der Waals surface area contributed by atoms with Crippen LogP contribution in [0.15, 0.2) is 23.4 Å². The quantitative estimate of drug-likeness (QED) is 0.353. The predicted octanol–water partition coefficient (Wildman–Crippen LogP) is 1.94. The lowest BCUT2D eigenvalue weighted by atomic mass is 10.1.